The molecular formula is C19H22ClN3O2. The molecule has 132 valence electrons. The highest BCUT2D eigenvalue weighted by Crippen LogP contribution is 2.28. The predicted octanol–water partition coefficient (Wildman–Crippen LogP) is 4.38. The molecule has 0 radical (unpaired) electrons. The van der Waals surface area contributed by atoms with Crippen molar-refractivity contribution in [2.75, 3.05) is 30.4 Å². The number of methoxy groups -OCH3 is 1. The summed E-state index contributed by atoms with van der Waals surface area (Å²) in [6.07, 6.45) is 6.52. The number of amides is 1. The molecule has 6 heteroatoms. The van der Waals surface area contributed by atoms with Gasteiger partial charge in [-0.15, -0.1) is 0 Å². The lowest BCUT2D eigenvalue weighted by molar-refractivity contribution is 0.102. The van der Waals surface area contributed by atoms with E-state index in [0.717, 1.165) is 31.7 Å². The molecule has 1 aromatic heterocycles. The number of nitrogens with one attached hydrogen (secondary N) is 1. The number of ether oxygens (including phenoxy) is 1. The monoisotopic (exact) mass is 359 g/mol. The van der Waals surface area contributed by atoms with E-state index in [9.17, 15) is 4.79 Å². The van der Waals surface area contributed by atoms with Crippen molar-refractivity contribution >= 4 is 29.0 Å². The molecule has 1 N–H and O–H groups in total. The number of nitrogens with zero attached hydrogens (tertiary/aromatic N) is 2. The zero-order chi connectivity index (χ0) is 17.6. The van der Waals surface area contributed by atoms with Gasteiger partial charge >= 0.3 is 0 Å². The number of carbonyl (C=O) groups excluding carboxylic acids is 1. The van der Waals surface area contributed by atoms with Crippen LogP contribution in [0.5, 0.6) is 5.75 Å². The van der Waals surface area contributed by atoms with Crippen LogP contribution in [0, 0.1) is 0 Å². The minimum Gasteiger partial charge on any atom is -0.495 e. The van der Waals surface area contributed by atoms with Crippen LogP contribution >= 0.6 is 11.6 Å². The highest BCUT2D eigenvalue weighted by Gasteiger charge is 2.15. The smallest absolute Gasteiger partial charge is 0.255 e. The molecule has 1 amide bonds. The van der Waals surface area contributed by atoms with Gasteiger partial charge in [-0.25, -0.2) is 4.98 Å². The second-order valence-electron chi connectivity index (χ2n) is 6.10. The first-order valence-electron chi connectivity index (χ1n) is 8.53. The van der Waals surface area contributed by atoms with E-state index >= 15 is 0 Å². The predicted molar refractivity (Wildman–Crippen MR) is 101 cm³/mol. The molecule has 2 heterocycles. The number of carbonyl (C=O) groups is 1. The minimum atomic E-state index is -0.209. The number of benzene rings is 1. The van der Waals surface area contributed by atoms with Gasteiger partial charge in [0, 0.05) is 29.9 Å². The molecule has 0 spiro atoms. The van der Waals surface area contributed by atoms with Crippen LogP contribution in [0.3, 0.4) is 0 Å². The topological polar surface area (TPSA) is 54.5 Å². The fraction of sp³-hybridized carbons (Fsp3) is 0.368. The van der Waals surface area contributed by atoms with Gasteiger partial charge in [0.1, 0.15) is 11.6 Å². The number of hydrogen-bond donors (Lipinski definition) is 1. The van der Waals surface area contributed by atoms with E-state index in [2.05, 4.69) is 15.2 Å². The third-order valence-electron chi connectivity index (χ3n) is 4.35. The van der Waals surface area contributed by atoms with Crippen molar-refractivity contribution in [2.24, 2.45) is 0 Å². The van der Waals surface area contributed by atoms with Gasteiger partial charge in [0.05, 0.1) is 12.8 Å². The van der Waals surface area contributed by atoms with Crippen molar-refractivity contribution in [3.63, 3.8) is 0 Å². The molecule has 1 aliphatic rings. The molecule has 5 nitrogen and oxygen atoms in total. The Kier molecular flexibility index (Phi) is 5.76. The molecule has 1 aromatic carbocycles. The van der Waals surface area contributed by atoms with Gasteiger partial charge in [0.25, 0.3) is 5.91 Å². The summed E-state index contributed by atoms with van der Waals surface area (Å²) in [5.74, 6) is 1.21. The third-order valence-corrected chi connectivity index (χ3v) is 4.58. The quantitative estimate of drug-likeness (QED) is 0.880. The Morgan fingerprint density at radius 3 is 2.64 bits per heavy atom. The van der Waals surface area contributed by atoms with E-state index in [4.69, 9.17) is 16.3 Å². The summed E-state index contributed by atoms with van der Waals surface area (Å²) in [5.41, 5.74) is 1.12. The molecule has 3 rings (SSSR count). The van der Waals surface area contributed by atoms with E-state index in [1.165, 1.54) is 12.8 Å². The van der Waals surface area contributed by atoms with Gasteiger partial charge in [-0.2, -0.15) is 0 Å². The van der Waals surface area contributed by atoms with Crippen LogP contribution in [-0.2, 0) is 0 Å². The summed E-state index contributed by atoms with van der Waals surface area (Å²) >= 11 is 6.02. The normalized spacial score (nSPS) is 14.7. The Bertz CT molecular complexity index is 743. The summed E-state index contributed by atoms with van der Waals surface area (Å²) in [5, 5.41) is 3.40. The summed E-state index contributed by atoms with van der Waals surface area (Å²) in [6, 6.07) is 8.69. The first kappa shape index (κ1) is 17.5. The van der Waals surface area contributed by atoms with Crippen LogP contribution in [0.1, 0.15) is 36.0 Å². The van der Waals surface area contributed by atoms with Crippen LogP contribution in [0.15, 0.2) is 36.5 Å². The van der Waals surface area contributed by atoms with Crippen LogP contribution < -0.4 is 15.0 Å². The molecule has 0 unspecified atom stereocenters. The molecule has 0 atom stereocenters. The molecule has 0 saturated carbocycles. The Hall–Kier alpha value is -2.27. The summed E-state index contributed by atoms with van der Waals surface area (Å²) < 4.78 is 5.28. The van der Waals surface area contributed by atoms with E-state index in [0.29, 0.717) is 22.0 Å². The average Bonchev–Trinajstić information content (AvgIpc) is 2.91. The maximum Gasteiger partial charge on any atom is 0.255 e. The number of anilines is 2. The highest BCUT2D eigenvalue weighted by molar-refractivity contribution is 6.31. The number of rotatable bonds is 4. The van der Waals surface area contributed by atoms with Crippen molar-refractivity contribution < 1.29 is 9.53 Å². The van der Waals surface area contributed by atoms with Gasteiger partial charge in [-0.1, -0.05) is 24.4 Å². The molecule has 0 aliphatic carbocycles. The summed E-state index contributed by atoms with van der Waals surface area (Å²) in [7, 11) is 1.56. The van der Waals surface area contributed by atoms with Crippen molar-refractivity contribution in [3.8, 4) is 5.75 Å². The van der Waals surface area contributed by atoms with Crippen LogP contribution in [0.2, 0.25) is 5.02 Å². The van der Waals surface area contributed by atoms with Crippen molar-refractivity contribution in [1.82, 2.24) is 4.98 Å². The lowest BCUT2D eigenvalue weighted by Crippen LogP contribution is -2.25. The molecule has 0 bridgehead atoms. The first-order valence-corrected chi connectivity index (χ1v) is 8.91. The molecule has 25 heavy (non-hydrogen) atoms. The highest BCUT2D eigenvalue weighted by atomic mass is 35.5. The lowest BCUT2D eigenvalue weighted by atomic mass is 10.2. The maximum atomic E-state index is 12.6. The molecule has 1 saturated heterocycles. The van der Waals surface area contributed by atoms with Gasteiger partial charge in [-0.05, 0) is 43.2 Å². The summed E-state index contributed by atoms with van der Waals surface area (Å²) in [4.78, 5) is 19.3. The Morgan fingerprint density at radius 2 is 1.92 bits per heavy atom. The molecule has 2 aromatic rings. The zero-order valence-corrected chi connectivity index (χ0v) is 15.1. The van der Waals surface area contributed by atoms with Crippen molar-refractivity contribution in [2.45, 2.75) is 25.7 Å². The summed E-state index contributed by atoms with van der Waals surface area (Å²) in [6.45, 7) is 1.97. The van der Waals surface area contributed by atoms with E-state index in [1.54, 1.807) is 37.6 Å². The largest absolute Gasteiger partial charge is 0.495 e. The SMILES string of the molecule is COc1ccc(Cl)cc1NC(=O)c1ccnc(N2CCCCCC2)c1. The van der Waals surface area contributed by atoms with Gasteiger partial charge in [0.15, 0.2) is 0 Å². The van der Waals surface area contributed by atoms with Crippen LogP contribution in [0.4, 0.5) is 11.5 Å². The first-order chi connectivity index (χ1) is 12.2. The third kappa shape index (κ3) is 4.42. The molecule has 1 aliphatic heterocycles. The van der Waals surface area contributed by atoms with E-state index in [1.807, 2.05) is 6.07 Å². The zero-order valence-electron chi connectivity index (χ0n) is 14.3. The second-order valence-corrected chi connectivity index (χ2v) is 6.54. The van der Waals surface area contributed by atoms with Gasteiger partial charge < -0.3 is 15.0 Å². The standard InChI is InChI=1S/C19H22ClN3O2/c1-25-17-7-6-15(20)13-16(17)22-19(24)14-8-9-21-18(12-14)23-10-4-2-3-5-11-23/h6-9,12-13H,2-5,10-11H2,1H3,(H,22,24). The molecular weight excluding hydrogens is 338 g/mol. The average molecular weight is 360 g/mol. The number of aromatic nitrogens is 1. The Morgan fingerprint density at radius 1 is 1.16 bits per heavy atom. The fourth-order valence-electron chi connectivity index (χ4n) is 3.00. The minimum absolute atomic E-state index is 0.209. The van der Waals surface area contributed by atoms with Gasteiger partial charge in [0.2, 0.25) is 0 Å². The molecule has 1 fully saturated rings. The Balaban J connectivity index is 1.78. The van der Waals surface area contributed by atoms with E-state index in [-0.39, 0.29) is 5.91 Å². The Labute approximate surface area is 153 Å². The van der Waals surface area contributed by atoms with Crippen molar-refractivity contribution in [3.05, 3.63) is 47.1 Å². The lowest BCUT2D eigenvalue weighted by Gasteiger charge is -2.21. The second kappa shape index (κ2) is 8.21. The van der Waals surface area contributed by atoms with E-state index < -0.39 is 0 Å². The van der Waals surface area contributed by atoms with Crippen LogP contribution in [-0.4, -0.2) is 31.1 Å². The number of hydrogen-bond acceptors (Lipinski definition) is 4. The number of halogens is 1. The fourth-order valence-corrected chi connectivity index (χ4v) is 3.18. The van der Waals surface area contributed by atoms with Gasteiger partial charge in [-0.3, -0.25) is 4.79 Å². The van der Waals surface area contributed by atoms with Crippen molar-refractivity contribution in [1.29, 1.82) is 0 Å². The number of pyridine rings is 1. The van der Waals surface area contributed by atoms with Crippen LogP contribution in [0.25, 0.3) is 0 Å². The maximum absolute atomic E-state index is 12.6.